The summed E-state index contributed by atoms with van der Waals surface area (Å²) in [5, 5.41) is -0.182. The Morgan fingerprint density at radius 2 is 1.94 bits per heavy atom. The number of rotatable bonds is 5. The summed E-state index contributed by atoms with van der Waals surface area (Å²) in [6.45, 7) is 0. The molecule has 1 unspecified atom stereocenters. The molecule has 0 spiro atoms. The van der Waals surface area contributed by atoms with Crippen molar-refractivity contribution in [2.24, 2.45) is 0 Å². The Labute approximate surface area is 111 Å². The van der Waals surface area contributed by atoms with Crippen molar-refractivity contribution in [2.45, 2.75) is 11.8 Å². The highest BCUT2D eigenvalue weighted by atomic mass is 35.5. The second kappa shape index (κ2) is 5.83. The van der Waals surface area contributed by atoms with Crippen LogP contribution in [0.4, 0.5) is 0 Å². The molecule has 1 atom stereocenters. The van der Waals surface area contributed by atoms with Gasteiger partial charge in [0.1, 0.15) is 5.76 Å². The maximum absolute atomic E-state index is 6.29. The van der Waals surface area contributed by atoms with Crippen molar-refractivity contribution in [1.82, 2.24) is 0 Å². The van der Waals surface area contributed by atoms with Crippen LogP contribution in [-0.2, 0) is 6.42 Å². The van der Waals surface area contributed by atoms with E-state index in [-0.39, 0.29) is 5.38 Å². The number of hydrogen-bond acceptors (Lipinski definition) is 3. The highest BCUT2D eigenvalue weighted by Crippen LogP contribution is 2.31. The van der Waals surface area contributed by atoms with E-state index in [1.807, 2.05) is 30.3 Å². The van der Waals surface area contributed by atoms with Gasteiger partial charge < -0.3 is 13.9 Å². The lowest BCUT2D eigenvalue weighted by atomic mass is 10.1. The molecule has 0 aliphatic carbocycles. The number of methoxy groups -OCH3 is 2. The summed E-state index contributed by atoms with van der Waals surface area (Å²) in [7, 11) is 3.23. The van der Waals surface area contributed by atoms with Crippen LogP contribution < -0.4 is 9.47 Å². The molecule has 3 nitrogen and oxygen atoms in total. The molecule has 1 heterocycles. The largest absolute Gasteiger partial charge is 0.493 e. The predicted octanol–water partition coefficient (Wildman–Crippen LogP) is 3.82. The fraction of sp³-hybridized carbons (Fsp3) is 0.286. The van der Waals surface area contributed by atoms with E-state index in [0.717, 1.165) is 11.3 Å². The summed E-state index contributed by atoms with van der Waals surface area (Å²) >= 11 is 6.29. The van der Waals surface area contributed by atoms with Crippen LogP contribution in [0.1, 0.15) is 16.7 Å². The van der Waals surface area contributed by atoms with Crippen LogP contribution in [0, 0.1) is 0 Å². The van der Waals surface area contributed by atoms with Crippen molar-refractivity contribution < 1.29 is 13.9 Å². The summed E-state index contributed by atoms with van der Waals surface area (Å²) in [5.41, 5.74) is 1.07. The number of benzene rings is 1. The van der Waals surface area contributed by atoms with Crippen LogP contribution in [0.25, 0.3) is 0 Å². The van der Waals surface area contributed by atoms with Crippen molar-refractivity contribution in [1.29, 1.82) is 0 Å². The average molecular weight is 267 g/mol. The maximum Gasteiger partial charge on any atom is 0.160 e. The molecule has 0 aliphatic heterocycles. The van der Waals surface area contributed by atoms with Gasteiger partial charge in [-0.2, -0.15) is 0 Å². The second-order valence-electron chi connectivity index (χ2n) is 3.88. The van der Waals surface area contributed by atoms with Crippen LogP contribution in [0.5, 0.6) is 11.5 Å². The monoisotopic (exact) mass is 266 g/mol. The Kier molecular flexibility index (Phi) is 4.15. The van der Waals surface area contributed by atoms with Crippen molar-refractivity contribution >= 4 is 11.6 Å². The van der Waals surface area contributed by atoms with E-state index in [2.05, 4.69) is 0 Å². The van der Waals surface area contributed by atoms with E-state index in [4.69, 9.17) is 25.5 Å². The summed E-state index contributed by atoms with van der Waals surface area (Å²) < 4.78 is 15.7. The summed E-state index contributed by atoms with van der Waals surface area (Å²) in [5.74, 6) is 2.19. The third-order valence-corrected chi connectivity index (χ3v) is 3.08. The van der Waals surface area contributed by atoms with Gasteiger partial charge in [-0.05, 0) is 36.2 Å². The lowest BCUT2D eigenvalue weighted by molar-refractivity contribution is 0.354. The molecule has 0 saturated carbocycles. The molecule has 2 aromatic rings. The Bertz CT molecular complexity index is 494. The molecule has 0 aliphatic rings. The van der Waals surface area contributed by atoms with E-state index < -0.39 is 0 Å². The number of alkyl halides is 1. The smallest absolute Gasteiger partial charge is 0.160 e. The number of halogens is 1. The average Bonchev–Trinajstić information content (AvgIpc) is 2.92. The number of hydrogen-bond donors (Lipinski definition) is 0. The zero-order chi connectivity index (χ0) is 13.0. The highest BCUT2D eigenvalue weighted by Gasteiger charge is 2.13. The number of furan rings is 1. The normalized spacial score (nSPS) is 12.2. The quantitative estimate of drug-likeness (QED) is 0.771. The minimum absolute atomic E-state index is 0.182. The molecule has 0 fully saturated rings. The van der Waals surface area contributed by atoms with E-state index >= 15 is 0 Å². The van der Waals surface area contributed by atoms with Crippen LogP contribution in [0.3, 0.4) is 0 Å². The second-order valence-corrected chi connectivity index (χ2v) is 4.40. The molecule has 0 N–H and O–H groups in total. The van der Waals surface area contributed by atoms with Gasteiger partial charge in [0.15, 0.2) is 11.5 Å². The fourth-order valence-electron chi connectivity index (χ4n) is 1.78. The Balaban J connectivity index is 2.14. The zero-order valence-electron chi connectivity index (χ0n) is 10.4. The topological polar surface area (TPSA) is 31.6 Å². The van der Waals surface area contributed by atoms with E-state index in [1.165, 1.54) is 0 Å². The minimum Gasteiger partial charge on any atom is -0.493 e. The first-order valence-electron chi connectivity index (χ1n) is 5.63. The van der Waals surface area contributed by atoms with E-state index in [0.29, 0.717) is 17.9 Å². The van der Waals surface area contributed by atoms with Gasteiger partial charge >= 0.3 is 0 Å². The lowest BCUT2D eigenvalue weighted by Gasteiger charge is -2.11. The molecule has 4 heteroatoms. The molecule has 18 heavy (non-hydrogen) atoms. The first kappa shape index (κ1) is 12.8. The molecule has 0 bridgehead atoms. The van der Waals surface area contributed by atoms with Crippen molar-refractivity contribution in [3.63, 3.8) is 0 Å². The van der Waals surface area contributed by atoms with Gasteiger partial charge in [0.05, 0.1) is 25.9 Å². The van der Waals surface area contributed by atoms with Crippen molar-refractivity contribution in [3.05, 3.63) is 47.9 Å². The van der Waals surface area contributed by atoms with E-state index in [9.17, 15) is 0 Å². The molecule has 1 aromatic heterocycles. The summed E-state index contributed by atoms with van der Waals surface area (Å²) in [6, 6.07) is 9.48. The molecule has 0 amide bonds. The summed E-state index contributed by atoms with van der Waals surface area (Å²) in [4.78, 5) is 0. The van der Waals surface area contributed by atoms with Gasteiger partial charge in [-0.25, -0.2) is 0 Å². The molecule has 1 aromatic carbocycles. The Hall–Kier alpha value is -1.61. The van der Waals surface area contributed by atoms with Crippen molar-refractivity contribution in [2.75, 3.05) is 14.2 Å². The van der Waals surface area contributed by atoms with Crippen molar-refractivity contribution in [3.8, 4) is 11.5 Å². The molecule has 0 radical (unpaired) electrons. The lowest BCUT2D eigenvalue weighted by Crippen LogP contribution is -1.96. The minimum atomic E-state index is -0.182. The zero-order valence-corrected chi connectivity index (χ0v) is 11.1. The third kappa shape index (κ3) is 2.79. The third-order valence-electron chi connectivity index (χ3n) is 2.71. The van der Waals surface area contributed by atoms with E-state index in [1.54, 1.807) is 20.5 Å². The van der Waals surface area contributed by atoms with Crippen LogP contribution in [0.2, 0.25) is 0 Å². The molecule has 96 valence electrons. The highest BCUT2D eigenvalue weighted by molar-refractivity contribution is 6.20. The van der Waals surface area contributed by atoms with Crippen LogP contribution in [-0.4, -0.2) is 14.2 Å². The first-order chi connectivity index (χ1) is 8.74. The summed E-state index contributed by atoms with van der Waals surface area (Å²) in [6.07, 6.45) is 2.30. The number of ether oxygens (including phenoxy) is 2. The molecule has 0 saturated heterocycles. The van der Waals surface area contributed by atoms with Crippen LogP contribution in [0.15, 0.2) is 41.0 Å². The van der Waals surface area contributed by atoms with Crippen LogP contribution >= 0.6 is 11.6 Å². The van der Waals surface area contributed by atoms with Gasteiger partial charge in [-0.15, -0.1) is 11.6 Å². The van der Waals surface area contributed by atoms with Gasteiger partial charge in [-0.3, -0.25) is 0 Å². The molecular formula is C14H15ClO3. The van der Waals surface area contributed by atoms with Gasteiger partial charge in [0, 0.05) is 0 Å². The predicted molar refractivity (Wildman–Crippen MR) is 70.6 cm³/mol. The SMILES string of the molecule is COc1ccc(CC(Cl)c2ccco2)cc1OC. The fourth-order valence-corrected chi connectivity index (χ4v) is 2.09. The van der Waals surface area contributed by atoms with Gasteiger partial charge in [-0.1, -0.05) is 6.07 Å². The Morgan fingerprint density at radius 3 is 2.56 bits per heavy atom. The standard InChI is InChI=1S/C14H15ClO3/c1-16-13-6-5-10(9-14(13)17-2)8-11(15)12-4-3-7-18-12/h3-7,9,11H,8H2,1-2H3. The molecular weight excluding hydrogens is 252 g/mol. The van der Waals surface area contributed by atoms with Gasteiger partial charge in [0.25, 0.3) is 0 Å². The van der Waals surface area contributed by atoms with Gasteiger partial charge in [0.2, 0.25) is 0 Å². The maximum atomic E-state index is 6.29. The molecule has 2 rings (SSSR count). The Morgan fingerprint density at radius 1 is 1.17 bits per heavy atom. The first-order valence-corrected chi connectivity index (χ1v) is 6.06.